The van der Waals surface area contributed by atoms with E-state index in [2.05, 4.69) is 56.7 Å². The molecule has 4 aromatic rings. The molecule has 7 heteroatoms. The number of nitrogens with zero attached hydrogens (tertiary/aromatic N) is 4. The first-order valence-corrected chi connectivity index (χ1v) is 9.17. The number of nitrogens with two attached hydrogens (primary N) is 1. The van der Waals surface area contributed by atoms with Crippen LogP contribution in [0.4, 0.5) is 11.6 Å². The van der Waals surface area contributed by atoms with Crippen molar-refractivity contribution >= 4 is 22.5 Å². The zero-order chi connectivity index (χ0) is 19.7. The van der Waals surface area contributed by atoms with E-state index in [9.17, 15) is 0 Å². The highest BCUT2D eigenvalue weighted by molar-refractivity contribution is 5.91. The molecule has 4 rings (SSSR count). The fourth-order valence-corrected chi connectivity index (χ4v) is 3.05. The predicted molar refractivity (Wildman–Crippen MR) is 112 cm³/mol. The largest absolute Gasteiger partial charge is 0.382 e. The van der Waals surface area contributed by atoms with E-state index in [1.54, 1.807) is 0 Å². The van der Waals surface area contributed by atoms with Gasteiger partial charge >= 0.3 is 0 Å². The molecule has 28 heavy (non-hydrogen) atoms. The van der Waals surface area contributed by atoms with Crippen LogP contribution in [0.25, 0.3) is 22.2 Å². The summed E-state index contributed by atoms with van der Waals surface area (Å²) in [4.78, 5) is 4.55. The van der Waals surface area contributed by atoms with Crippen LogP contribution in [0.1, 0.15) is 25.1 Å². The lowest BCUT2D eigenvalue weighted by atomic mass is 9.88. The fraction of sp³-hybridized carbons (Fsp3) is 0.238. The Morgan fingerprint density at radius 2 is 1.93 bits per heavy atom. The molecule has 0 saturated carbocycles. The summed E-state index contributed by atoms with van der Waals surface area (Å²) in [5.74, 6) is 1.23. The molecule has 0 amide bonds. The molecule has 0 atom stereocenters. The van der Waals surface area contributed by atoms with Crippen LogP contribution in [-0.4, -0.2) is 31.9 Å². The second kappa shape index (κ2) is 6.92. The molecule has 4 N–H and O–H groups in total. The van der Waals surface area contributed by atoms with Gasteiger partial charge in [0.15, 0.2) is 5.82 Å². The summed E-state index contributed by atoms with van der Waals surface area (Å²) in [7, 11) is 0. The molecule has 0 fully saturated rings. The molecular weight excluding hydrogens is 350 g/mol. The average Bonchev–Trinajstić information content (AvgIpc) is 3.07. The zero-order valence-corrected chi connectivity index (χ0v) is 16.2. The predicted octanol–water partition coefficient (Wildman–Crippen LogP) is 3.70. The second-order valence-electron chi connectivity index (χ2n) is 7.63. The maximum Gasteiger partial charge on any atom is 0.153 e. The van der Waals surface area contributed by atoms with Crippen LogP contribution < -0.4 is 11.1 Å². The molecular formula is C21H23N7. The second-order valence-corrected chi connectivity index (χ2v) is 7.63. The van der Waals surface area contributed by atoms with Gasteiger partial charge < -0.3 is 11.1 Å². The molecule has 3 aromatic heterocycles. The number of nitrogens with one attached hydrogen (secondary N) is 2. The van der Waals surface area contributed by atoms with E-state index < -0.39 is 0 Å². The molecule has 0 aliphatic rings. The first-order chi connectivity index (χ1) is 13.4. The number of rotatable bonds is 5. The third-order valence-electron chi connectivity index (χ3n) is 4.87. The van der Waals surface area contributed by atoms with E-state index in [4.69, 9.17) is 5.73 Å². The zero-order valence-electron chi connectivity index (χ0n) is 16.2. The van der Waals surface area contributed by atoms with Gasteiger partial charge in [0, 0.05) is 34.8 Å². The quantitative estimate of drug-likeness (QED) is 0.493. The van der Waals surface area contributed by atoms with Crippen LogP contribution in [0.5, 0.6) is 0 Å². The fourth-order valence-electron chi connectivity index (χ4n) is 3.05. The van der Waals surface area contributed by atoms with E-state index in [1.165, 1.54) is 0 Å². The highest BCUT2D eigenvalue weighted by Gasteiger charge is 2.22. The van der Waals surface area contributed by atoms with E-state index in [1.807, 2.05) is 43.5 Å². The average molecular weight is 373 g/mol. The van der Waals surface area contributed by atoms with Crippen LogP contribution in [0.15, 0.2) is 48.7 Å². The Labute approximate surface area is 163 Å². The van der Waals surface area contributed by atoms with Gasteiger partial charge in [0.2, 0.25) is 0 Å². The molecule has 0 radical (unpaired) electrons. The van der Waals surface area contributed by atoms with Crippen molar-refractivity contribution in [3.63, 3.8) is 0 Å². The summed E-state index contributed by atoms with van der Waals surface area (Å²) >= 11 is 0. The van der Waals surface area contributed by atoms with Gasteiger partial charge in [0.1, 0.15) is 5.82 Å². The Kier molecular flexibility index (Phi) is 4.43. The Morgan fingerprint density at radius 1 is 1.07 bits per heavy atom. The Hall–Kier alpha value is -3.48. The topological polar surface area (TPSA) is 105 Å². The molecule has 0 aliphatic carbocycles. The standard InChI is InChI=1S/C21H23N7/c1-13-4-8-18(23-11-13)21(2,3)12-24-19-9-7-16(25-27-19)14-5-6-15-17(10-14)26-28-20(15)22/h4-11H,12H2,1-3H3,(H,24,27)(H3,22,26,28). The first kappa shape index (κ1) is 17.9. The number of hydrogen-bond acceptors (Lipinski definition) is 6. The minimum Gasteiger partial charge on any atom is -0.382 e. The molecule has 1 aromatic carbocycles. The number of aryl methyl sites for hydroxylation is 1. The number of hydrogen-bond donors (Lipinski definition) is 3. The van der Waals surface area contributed by atoms with E-state index in [0.29, 0.717) is 12.4 Å². The van der Waals surface area contributed by atoms with Crippen molar-refractivity contribution in [3.05, 3.63) is 59.9 Å². The minimum atomic E-state index is -0.125. The molecule has 0 spiro atoms. The van der Waals surface area contributed by atoms with E-state index >= 15 is 0 Å². The maximum absolute atomic E-state index is 5.82. The molecule has 142 valence electrons. The van der Waals surface area contributed by atoms with Crippen LogP contribution in [0.3, 0.4) is 0 Å². The Balaban J connectivity index is 1.47. The van der Waals surface area contributed by atoms with Gasteiger partial charge in [-0.05, 0) is 42.8 Å². The number of aromatic amines is 1. The van der Waals surface area contributed by atoms with Gasteiger partial charge in [0.05, 0.1) is 11.2 Å². The van der Waals surface area contributed by atoms with Crippen LogP contribution in [-0.2, 0) is 5.41 Å². The maximum atomic E-state index is 5.82. The third kappa shape index (κ3) is 3.51. The van der Waals surface area contributed by atoms with Crippen molar-refractivity contribution in [2.24, 2.45) is 0 Å². The highest BCUT2D eigenvalue weighted by Crippen LogP contribution is 2.25. The number of pyridine rings is 1. The molecule has 3 heterocycles. The van der Waals surface area contributed by atoms with Crippen LogP contribution in [0.2, 0.25) is 0 Å². The molecule has 0 unspecified atom stereocenters. The van der Waals surface area contributed by atoms with Crippen molar-refractivity contribution in [2.75, 3.05) is 17.6 Å². The molecule has 7 nitrogen and oxygen atoms in total. The lowest BCUT2D eigenvalue weighted by Crippen LogP contribution is -2.29. The van der Waals surface area contributed by atoms with Gasteiger partial charge in [-0.2, -0.15) is 5.10 Å². The summed E-state index contributed by atoms with van der Waals surface area (Å²) < 4.78 is 0. The number of H-pyrrole nitrogens is 1. The van der Waals surface area contributed by atoms with Gasteiger partial charge in [-0.3, -0.25) is 10.1 Å². The van der Waals surface area contributed by atoms with Crippen LogP contribution >= 0.6 is 0 Å². The van der Waals surface area contributed by atoms with Gasteiger partial charge in [-0.1, -0.05) is 26.0 Å². The minimum absolute atomic E-state index is 0.125. The van der Waals surface area contributed by atoms with E-state index in [-0.39, 0.29) is 5.41 Å². The summed E-state index contributed by atoms with van der Waals surface area (Å²) in [6.45, 7) is 7.06. The SMILES string of the molecule is Cc1ccc(C(C)(C)CNc2ccc(-c3ccc4c(N)n[nH]c4c3)nn2)nc1. The molecule has 0 saturated heterocycles. The van der Waals surface area contributed by atoms with Gasteiger partial charge in [-0.25, -0.2) is 0 Å². The number of nitrogen functional groups attached to an aromatic ring is 1. The van der Waals surface area contributed by atoms with Crippen molar-refractivity contribution in [1.82, 2.24) is 25.4 Å². The molecule has 0 bridgehead atoms. The Bertz CT molecular complexity index is 1100. The normalized spacial score (nSPS) is 11.7. The smallest absolute Gasteiger partial charge is 0.153 e. The first-order valence-electron chi connectivity index (χ1n) is 9.17. The summed E-state index contributed by atoms with van der Waals surface area (Å²) in [6.07, 6.45) is 1.90. The summed E-state index contributed by atoms with van der Waals surface area (Å²) in [6, 6.07) is 13.9. The third-order valence-corrected chi connectivity index (χ3v) is 4.87. The summed E-state index contributed by atoms with van der Waals surface area (Å²) in [5.41, 5.74) is 10.5. The molecule has 0 aliphatic heterocycles. The lowest BCUT2D eigenvalue weighted by Gasteiger charge is -2.24. The highest BCUT2D eigenvalue weighted by atomic mass is 15.2. The van der Waals surface area contributed by atoms with Crippen molar-refractivity contribution < 1.29 is 0 Å². The lowest BCUT2D eigenvalue weighted by molar-refractivity contribution is 0.537. The van der Waals surface area contributed by atoms with Crippen molar-refractivity contribution in [1.29, 1.82) is 0 Å². The van der Waals surface area contributed by atoms with Gasteiger partial charge in [-0.15, -0.1) is 10.2 Å². The van der Waals surface area contributed by atoms with E-state index in [0.717, 1.165) is 39.2 Å². The van der Waals surface area contributed by atoms with Crippen molar-refractivity contribution in [2.45, 2.75) is 26.2 Å². The summed E-state index contributed by atoms with van der Waals surface area (Å²) in [5, 5.41) is 19.9. The number of aromatic nitrogens is 5. The van der Waals surface area contributed by atoms with Crippen molar-refractivity contribution in [3.8, 4) is 11.3 Å². The van der Waals surface area contributed by atoms with Crippen LogP contribution in [0, 0.1) is 6.92 Å². The monoisotopic (exact) mass is 373 g/mol. The van der Waals surface area contributed by atoms with Gasteiger partial charge in [0.25, 0.3) is 0 Å². The number of benzene rings is 1. The number of anilines is 2. The number of fused-ring (bicyclic) bond motifs is 1. The Morgan fingerprint density at radius 3 is 2.64 bits per heavy atom.